The zero-order chi connectivity index (χ0) is 23.2. The molecule has 1 aliphatic rings. The molecule has 0 unspecified atom stereocenters. The van der Waals surface area contributed by atoms with Gasteiger partial charge in [0, 0.05) is 29.2 Å². The van der Waals surface area contributed by atoms with Gasteiger partial charge in [0.15, 0.2) is 0 Å². The van der Waals surface area contributed by atoms with Crippen LogP contribution in [0.3, 0.4) is 0 Å². The van der Waals surface area contributed by atoms with Crippen molar-refractivity contribution >= 4 is 21.8 Å². The highest BCUT2D eigenvalue weighted by atomic mass is 16.5. The van der Waals surface area contributed by atoms with E-state index in [4.69, 9.17) is 9.72 Å². The minimum atomic E-state index is 0.585. The Morgan fingerprint density at radius 3 is 2.40 bits per heavy atom. The van der Waals surface area contributed by atoms with Crippen LogP contribution in [0.25, 0.3) is 38.8 Å². The molecule has 0 atom stereocenters. The lowest BCUT2D eigenvalue weighted by molar-refractivity contribution is 0.463. The second-order valence-corrected chi connectivity index (χ2v) is 9.10. The monoisotopic (exact) mass is 453 g/mol. The first-order valence-corrected chi connectivity index (χ1v) is 12.0. The van der Waals surface area contributed by atoms with Crippen LogP contribution in [0.4, 0.5) is 0 Å². The molecule has 1 saturated carbocycles. The normalized spacial score (nSPS) is 13.4. The summed E-state index contributed by atoms with van der Waals surface area (Å²) in [5, 5.41) is 2.46. The van der Waals surface area contributed by atoms with E-state index in [1.807, 2.05) is 36.5 Å². The molecular formula is C31H23N3O. The van der Waals surface area contributed by atoms with Gasteiger partial charge in [0.1, 0.15) is 11.6 Å². The Labute approximate surface area is 203 Å². The molecule has 1 aliphatic carbocycles. The van der Waals surface area contributed by atoms with Gasteiger partial charge in [-0.2, -0.15) is 0 Å². The lowest BCUT2D eigenvalue weighted by atomic mass is 10.0. The molecule has 0 saturated heterocycles. The van der Waals surface area contributed by atoms with Gasteiger partial charge in [0.05, 0.1) is 11.0 Å². The molecule has 1 fully saturated rings. The van der Waals surface area contributed by atoms with Crippen LogP contribution in [0.15, 0.2) is 109 Å². The number of rotatable bonds is 5. The van der Waals surface area contributed by atoms with Gasteiger partial charge in [-0.05, 0) is 77.9 Å². The molecule has 3 aromatic heterocycles. The van der Waals surface area contributed by atoms with Gasteiger partial charge >= 0.3 is 0 Å². The predicted octanol–water partition coefficient (Wildman–Crippen LogP) is 7.91. The molecular weight excluding hydrogens is 430 g/mol. The van der Waals surface area contributed by atoms with Crippen LogP contribution in [0.1, 0.15) is 24.3 Å². The fourth-order valence-electron chi connectivity index (χ4n) is 4.89. The van der Waals surface area contributed by atoms with E-state index < -0.39 is 0 Å². The Morgan fingerprint density at radius 2 is 1.51 bits per heavy atom. The number of hydrogen-bond acceptors (Lipinski definition) is 3. The summed E-state index contributed by atoms with van der Waals surface area (Å²) in [6, 6.07) is 33.5. The number of aromatic nitrogens is 3. The summed E-state index contributed by atoms with van der Waals surface area (Å²) in [6.07, 6.45) is 6.24. The maximum absolute atomic E-state index is 5.98. The summed E-state index contributed by atoms with van der Waals surface area (Å²) in [5.74, 6) is 3.01. The van der Waals surface area contributed by atoms with Gasteiger partial charge in [0.25, 0.3) is 0 Å². The van der Waals surface area contributed by atoms with Crippen LogP contribution in [-0.2, 0) is 0 Å². The molecule has 168 valence electrons. The Bertz CT molecular complexity index is 1680. The topological polar surface area (TPSA) is 39.9 Å². The van der Waals surface area contributed by atoms with E-state index in [1.54, 1.807) is 6.20 Å². The Hall–Kier alpha value is -4.44. The number of ether oxygens (including phenoxy) is 1. The number of para-hydroxylation sites is 1. The summed E-state index contributed by atoms with van der Waals surface area (Å²) >= 11 is 0. The maximum atomic E-state index is 5.98. The first kappa shape index (κ1) is 20.0. The van der Waals surface area contributed by atoms with E-state index in [1.165, 1.54) is 34.7 Å². The van der Waals surface area contributed by atoms with Crippen LogP contribution in [0, 0.1) is 0 Å². The predicted molar refractivity (Wildman–Crippen MR) is 140 cm³/mol. The molecule has 3 heterocycles. The third kappa shape index (κ3) is 3.64. The van der Waals surface area contributed by atoms with Gasteiger partial charge in [0.2, 0.25) is 5.88 Å². The molecule has 0 radical (unpaired) electrons. The lowest BCUT2D eigenvalue weighted by Crippen LogP contribution is -1.98. The van der Waals surface area contributed by atoms with Gasteiger partial charge in [-0.25, -0.2) is 9.97 Å². The van der Waals surface area contributed by atoms with E-state index in [0.29, 0.717) is 11.8 Å². The summed E-state index contributed by atoms with van der Waals surface area (Å²) < 4.78 is 8.28. The fraction of sp³-hybridized carbons (Fsp3) is 0.0968. The molecule has 4 heteroatoms. The van der Waals surface area contributed by atoms with Gasteiger partial charge in [-0.1, -0.05) is 48.5 Å². The minimum absolute atomic E-state index is 0.585. The molecule has 6 aromatic rings. The average molecular weight is 454 g/mol. The molecule has 35 heavy (non-hydrogen) atoms. The van der Waals surface area contributed by atoms with Gasteiger partial charge in [-0.3, -0.25) is 4.57 Å². The van der Waals surface area contributed by atoms with Crippen molar-refractivity contribution in [3.05, 3.63) is 115 Å². The lowest BCUT2D eigenvalue weighted by Gasteiger charge is -2.10. The zero-order valence-electron chi connectivity index (χ0n) is 19.1. The summed E-state index contributed by atoms with van der Waals surface area (Å²) in [6.45, 7) is 0. The fourth-order valence-corrected chi connectivity index (χ4v) is 4.89. The quantitative estimate of drug-likeness (QED) is 0.266. The smallest absolute Gasteiger partial charge is 0.219 e. The summed E-state index contributed by atoms with van der Waals surface area (Å²) in [5.41, 5.74) is 5.94. The summed E-state index contributed by atoms with van der Waals surface area (Å²) in [4.78, 5) is 9.07. The Balaban J connectivity index is 1.37. The second-order valence-electron chi connectivity index (χ2n) is 9.10. The van der Waals surface area contributed by atoms with Crippen molar-refractivity contribution in [1.82, 2.24) is 14.5 Å². The molecule has 0 aliphatic heterocycles. The number of pyridine rings is 2. The van der Waals surface area contributed by atoms with Crippen LogP contribution in [0.5, 0.6) is 11.6 Å². The first-order chi connectivity index (χ1) is 17.3. The Morgan fingerprint density at radius 1 is 0.657 bits per heavy atom. The van der Waals surface area contributed by atoms with E-state index in [-0.39, 0.29) is 0 Å². The molecule has 3 aromatic carbocycles. The van der Waals surface area contributed by atoms with Crippen molar-refractivity contribution in [2.45, 2.75) is 18.8 Å². The largest absolute Gasteiger partial charge is 0.439 e. The van der Waals surface area contributed by atoms with Gasteiger partial charge in [-0.15, -0.1) is 0 Å². The highest BCUT2D eigenvalue weighted by molar-refractivity contribution is 6.10. The third-order valence-electron chi connectivity index (χ3n) is 6.75. The number of benzene rings is 3. The van der Waals surface area contributed by atoms with Crippen molar-refractivity contribution in [2.24, 2.45) is 0 Å². The third-order valence-corrected chi connectivity index (χ3v) is 6.75. The van der Waals surface area contributed by atoms with Gasteiger partial charge < -0.3 is 4.74 Å². The maximum Gasteiger partial charge on any atom is 0.219 e. The first-order valence-electron chi connectivity index (χ1n) is 12.0. The van der Waals surface area contributed by atoms with Crippen molar-refractivity contribution in [3.63, 3.8) is 0 Å². The SMILES string of the molecule is c1ccc(Oc2cccc(-c3ccc4c5ccccc5n(-c5cc(C6CC6)ccn5)c4c3)c2)nc1. The number of nitrogens with zero attached hydrogens (tertiary/aromatic N) is 3. The zero-order valence-corrected chi connectivity index (χ0v) is 19.1. The molecule has 0 amide bonds. The second kappa shape index (κ2) is 8.10. The minimum Gasteiger partial charge on any atom is -0.439 e. The van der Waals surface area contributed by atoms with Crippen molar-refractivity contribution in [1.29, 1.82) is 0 Å². The molecule has 0 spiro atoms. The van der Waals surface area contributed by atoms with Crippen LogP contribution in [-0.4, -0.2) is 14.5 Å². The molecule has 0 bridgehead atoms. The van der Waals surface area contributed by atoms with Crippen LogP contribution in [0.2, 0.25) is 0 Å². The van der Waals surface area contributed by atoms with Crippen molar-refractivity contribution in [3.8, 4) is 28.6 Å². The average Bonchev–Trinajstić information content (AvgIpc) is 3.71. The van der Waals surface area contributed by atoms with E-state index in [0.717, 1.165) is 28.2 Å². The van der Waals surface area contributed by atoms with E-state index >= 15 is 0 Å². The highest BCUT2D eigenvalue weighted by Crippen LogP contribution is 2.41. The Kier molecular flexibility index (Phi) is 4.62. The highest BCUT2D eigenvalue weighted by Gasteiger charge is 2.24. The number of hydrogen-bond donors (Lipinski definition) is 0. The standard InChI is InChI=1S/C31H23N3O/c1-2-9-28-26(8-1)27-14-13-23(22-6-5-7-25(18-22)35-31-10-3-4-16-33-31)19-29(27)34(28)30-20-24(15-17-32-30)21-11-12-21/h1-10,13-21H,11-12H2. The van der Waals surface area contributed by atoms with Crippen molar-refractivity contribution < 1.29 is 4.74 Å². The van der Waals surface area contributed by atoms with E-state index in [9.17, 15) is 0 Å². The summed E-state index contributed by atoms with van der Waals surface area (Å²) in [7, 11) is 0. The van der Waals surface area contributed by atoms with Crippen LogP contribution < -0.4 is 4.74 Å². The van der Waals surface area contributed by atoms with E-state index in [2.05, 4.69) is 76.3 Å². The van der Waals surface area contributed by atoms with Crippen LogP contribution >= 0.6 is 0 Å². The molecule has 7 rings (SSSR count). The molecule has 0 N–H and O–H groups in total. The molecule has 4 nitrogen and oxygen atoms in total. The van der Waals surface area contributed by atoms with Crippen molar-refractivity contribution in [2.75, 3.05) is 0 Å². The number of fused-ring (bicyclic) bond motifs is 3.